The first kappa shape index (κ1) is 22.0. The van der Waals surface area contributed by atoms with Gasteiger partial charge in [0, 0.05) is 18.8 Å². The largest absolute Gasteiger partial charge is 0.452 e. The number of nitrogens with zero attached hydrogens (tertiary/aromatic N) is 1. The van der Waals surface area contributed by atoms with Gasteiger partial charge in [0.25, 0.3) is 5.91 Å². The van der Waals surface area contributed by atoms with E-state index in [4.69, 9.17) is 4.74 Å². The molecule has 1 amide bonds. The molecule has 2 atom stereocenters. The molecule has 1 aliphatic rings. The Hall–Kier alpha value is -2.71. The lowest BCUT2D eigenvalue weighted by Gasteiger charge is -2.34. The molecule has 8 heteroatoms. The summed E-state index contributed by atoms with van der Waals surface area (Å²) in [6, 6.07) is 14.4. The minimum atomic E-state index is -3.61. The number of benzene rings is 2. The van der Waals surface area contributed by atoms with Crippen molar-refractivity contribution in [3.63, 3.8) is 0 Å². The molecule has 0 aromatic heterocycles. The molecule has 2 aromatic rings. The maximum atomic E-state index is 12.9. The van der Waals surface area contributed by atoms with Crippen molar-refractivity contribution >= 4 is 27.6 Å². The lowest BCUT2D eigenvalue weighted by Crippen LogP contribution is -2.42. The Labute approximate surface area is 177 Å². The molecular weight excluding hydrogens is 404 g/mol. The Kier molecular flexibility index (Phi) is 6.89. The summed E-state index contributed by atoms with van der Waals surface area (Å²) in [6.45, 7) is 4.65. The van der Waals surface area contributed by atoms with Crippen molar-refractivity contribution in [3.8, 4) is 0 Å². The monoisotopic (exact) mass is 430 g/mol. The summed E-state index contributed by atoms with van der Waals surface area (Å²) in [5.41, 5.74) is 0.788. The average molecular weight is 431 g/mol. The van der Waals surface area contributed by atoms with Crippen LogP contribution >= 0.6 is 0 Å². The number of rotatable bonds is 6. The fourth-order valence-corrected chi connectivity index (χ4v) is 5.33. The number of amides is 1. The van der Waals surface area contributed by atoms with Crippen LogP contribution in [-0.4, -0.2) is 44.3 Å². The number of sulfonamides is 1. The fraction of sp³-hybridized carbons (Fsp3) is 0.364. The molecule has 3 rings (SSSR count). The molecule has 0 bridgehead atoms. The van der Waals surface area contributed by atoms with Crippen LogP contribution in [0.4, 0.5) is 5.69 Å². The topological polar surface area (TPSA) is 92.8 Å². The predicted molar refractivity (Wildman–Crippen MR) is 114 cm³/mol. The third kappa shape index (κ3) is 5.46. The van der Waals surface area contributed by atoms with Gasteiger partial charge in [-0.3, -0.25) is 4.79 Å². The van der Waals surface area contributed by atoms with Crippen LogP contribution in [0, 0.1) is 11.8 Å². The first-order valence-corrected chi connectivity index (χ1v) is 11.3. The van der Waals surface area contributed by atoms with Gasteiger partial charge >= 0.3 is 5.97 Å². The SMILES string of the molecule is C[C@@H]1C[C@@H](C)CN(S(=O)(=O)c2ccc(C(=O)OCC(=O)Nc3ccccc3)cc2)C1. The fourth-order valence-electron chi connectivity index (χ4n) is 3.65. The van der Waals surface area contributed by atoms with Gasteiger partial charge in [0.05, 0.1) is 10.5 Å². The van der Waals surface area contributed by atoms with E-state index in [9.17, 15) is 18.0 Å². The van der Waals surface area contributed by atoms with Gasteiger partial charge in [0.15, 0.2) is 6.61 Å². The molecule has 1 N–H and O–H groups in total. The number of nitrogens with one attached hydrogen (secondary N) is 1. The van der Waals surface area contributed by atoms with Crippen LogP contribution in [0.1, 0.15) is 30.6 Å². The van der Waals surface area contributed by atoms with Gasteiger partial charge in [-0.15, -0.1) is 0 Å². The van der Waals surface area contributed by atoms with Crippen molar-refractivity contribution in [1.29, 1.82) is 0 Å². The van der Waals surface area contributed by atoms with Crippen molar-refractivity contribution in [2.45, 2.75) is 25.2 Å². The second kappa shape index (κ2) is 9.40. The number of piperidine rings is 1. The van der Waals surface area contributed by atoms with E-state index in [1.807, 2.05) is 19.9 Å². The molecule has 0 unspecified atom stereocenters. The van der Waals surface area contributed by atoms with Crippen molar-refractivity contribution in [2.24, 2.45) is 11.8 Å². The highest BCUT2D eigenvalue weighted by Crippen LogP contribution is 2.26. The number of para-hydroxylation sites is 1. The zero-order valence-electron chi connectivity index (χ0n) is 17.1. The molecule has 7 nitrogen and oxygen atoms in total. The molecule has 0 radical (unpaired) electrons. The maximum Gasteiger partial charge on any atom is 0.338 e. The van der Waals surface area contributed by atoms with Crippen LogP contribution in [0.25, 0.3) is 0 Å². The summed E-state index contributed by atoms with van der Waals surface area (Å²) in [5, 5.41) is 2.62. The lowest BCUT2D eigenvalue weighted by molar-refractivity contribution is -0.119. The van der Waals surface area contributed by atoms with E-state index < -0.39 is 28.5 Å². The number of anilines is 1. The average Bonchev–Trinajstić information content (AvgIpc) is 2.72. The molecule has 0 aliphatic carbocycles. The van der Waals surface area contributed by atoms with E-state index in [1.54, 1.807) is 24.3 Å². The smallest absolute Gasteiger partial charge is 0.338 e. The van der Waals surface area contributed by atoms with Gasteiger partial charge in [-0.25, -0.2) is 13.2 Å². The van der Waals surface area contributed by atoms with E-state index in [0.717, 1.165) is 6.42 Å². The summed E-state index contributed by atoms with van der Waals surface area (Å²) in [7, 11) is -3.61. The molecular formula is C22H26N2O5S. The Morgan fingerprint density at radius 2 is 1.60 bits per heavy atom. The quantitative estimate of drug-likeness (QED) is 0.711. The van der Waals surface area contributed by atoms with E-state index in [0.29, 0.717) is 30.6 Å². The van der Waals surface area contributed by atoms with Crippen LogP contribution in [-0.2, 0) is 19.6 Å². The highest BCUT2D eigenvalue weighted by molar-refractivity contribution is 7.89. The normalized spacial score (nSPS) is 19.8. The second-order valence-electron chi connectivity index (χ2n) is 7.78. The van der Waals surface area contributed by atoms with E-state index in [1.165, 1.54) is 28.6 Å². The summed E-state index contributed by atoms with van der Waals surface area (Å²) in [4.78, 5) is 24.2. The molecule has 160 valence electrons. The van der Waals surface area contributed by atoms with E-state index in [2.05, 4.69) is 5.32 Å². The molecule has 1 aliphatic heterocycles. The van der Waals surface area contributed by atoms with Crippen LogP contribution in [0.3, 0.4) is 0 Å². The first-order valence-electron chi connectivity index (χ1n) is 9.88. The van der Waals surface area contributed by atoms with Gasteiger partial charge in [0.1, 0.15) is 0 Å². The Morgan fingerprint density at radius 3 is 2.20 bits per heavy atom. The second-order valence-corrected chi connectivity index (χ2v) is 9.72. The van der Waals surface area contributed by atoms with Crippen LogP contribution < -0.4 is 5.32 Å². The molecule has 0 saturated carbocycles. The minimum absolute atomic E-state index is 0.141. The summed E-state index contributed by atoms with van der Waals surface area (Å²) in [6.07, 6.45) is 1.01. The van der Waals surface area contributed by atoms with Crippen molar-refractivity contribution in [2.75, 3.05) is 25.0 Å². The van der Waals surface area contributed by atoms with Gasteiger partial charge in [-0.05, 0) is 54.7 Å². The van der Waals surface area contributed by atoms with Gasteiger partial charge in [-0.2, -0.15) is 4.31 Å². The Bertz CT molecular complexity index is 980. The van der Waals surface area contributed by atoms with Crippen LogP contribution in [0.15, 0.2) is 59.5 Å². The van der Waals surface area contributed by atoms with Gasteiger partial charge in [0.2, 0.25) is 10.0 Å². The standard InChI is InChI=1S/C22H26N2O5S/c1-16-12-17(2)14-24(13-16)30(27,28)20-10-8-18(9-11-20)22(26)29-15-21(25)23-19-6-4-3-5-7-19/h3-11,16-17H,12-15H2,1-2H3,(H,23,25)/t16-,17-/m1/s1. The number of ether oxygens (including phenoxy) is 1. The molecule has 1 fully saturated rings. The zero-order valence-corrected chi connectivity index (χ0v) is 17.9. The van der Waals surface area contributed by atoms with Crippen molar-refractivity contribution < 1.29 is 22.7 Å². The highest BCUT2D eigenvalue weighted by atomic mass is 32.2. The van der Waals surface area contributed by atoms with Crippen LogP contribution in [0.2, 0.25) is 0 Å². The Morgan fingerprint density at radius 1 is 1.00 bits per heavy atom. The number of carbonyl (C=O) groups is 2. The molecule has 30 heavy (non-hydrogen) atoms. The Balaban J connectivity index is 1.59. The number of carbonyl (C=O) groups excluding carboxylic acids is 2. The van der Waals surface area contributed by atoms with Crippen LogP contribution in [0.5, 0.6) is 0 Å². The predicted octanol–water partition coefficient (Wildman–Crippen LogP) is 3.15. The molecule has 2 aromatic carbocycles. The van der Waals surface area contributed by atoms with Gasteiger partial charge in [-0.1, -0.05) is 32.0 Å². The summed E-state index contributed by atoms with van der Waals surface area (Å²) < 4.78 is 32.3. The number of esters is 1. The van der Waals surface area contributed by atoms with Crippen molar-refractivity contribution in [3.05, 3.63) is 60.2 Å². The summed E-state index contributed by atoms with van der Waals surface area (Å²) in [5.74, 6) is -0.538. The molecule has 0 spiro atoms. The van der Waals surface area contributed by atoms with E-state index >= 15 is 0 Å². The highest BCUT2D eigenvalue weighted by Gasteiger charge is 2.31. The molecule has 1 saturated heterocycles. The number of hydrogen-bond donors (Lipinski definition) is 1. The van der Waals surface area contributed by atoms with E-state index in [-0.39, 0.29) is 10.5 Å². The first-order chi connectivity index (χ1) is 14.3. The molecule has 1 heterocycles. The zero-order chi connectivity index (χ0) is 21.7. The number of hydrogen-bond acceptors (Lipinski definition) is 5. The lowest BCUT2D eigenvalue weighted by atomic mass is 9.94. The third-order valence-electron chi connectivity index (χ3n) is 4.96. The maximum absolute atomic E-state index is 12.9. The van der Waals surface area contributed by atoms with Gasteiger partial charge < -0.3 is 10.1 Å². The minimum Gasteiger partial charge on any atom is -0.452 e. The third-order valence-corrected chi connectivity index (χ3v) is 6.80. The summed E-state index contributed by atoms with van der Waals surface area (Å²) >= 11 is 0. The van der Waals surface area contributed by atoms with Crippen molar-refractivity contribution in [1.82, 2.24) is 4.31 Å².